The van der Waals surface area contributed by atoms with Crippen LogP contribution in [0.3, 0.4) is 0 Å². The smallest absolute Gasteiger partial charge is 0.272 e. The third-order valence-electron chi connectivity index (χ3n) is 2.86. The molecule has 2 aromatic rings. The number of anilines is 2. The van der Waals surface area contributed by atoms with Crippen molar-refractivity contribution in [2.24, 2.45) is 0 Å². The lowest BCUT2D eigenvalue weighted by Gasteiger charge is -2.11. The Morgan fingerprint density at radius 3 is 2.52 bits per heavy atom. The minimum Gasteiger partial charge on any atom is -0.397 e. The van der Waals surface area contributed by atoms with Gasteiger partial charge in [-0.2, -0.15) is 0 Å². The number of rotatable bonds is 4. The Bertz CT molecular complexity index is 662. The van der Waals surface area contributed by atoms with Gasteiger partial charge in [-0.05, 0) is 24.6 Å². The fraction of sp³-hybridized carbons (Fsp3) is 0.214. The van der Waals surface area contributed by atoms with E-state index >= 15 is 0 Å². The minimum absolute atomic E-state index is 0.300. The van der Waals surface area contributed by atoms with Crippen LogP contribution >= 0.6 is 39.1 Å². The van der Waals surface area contributed by atoms with Gasteiger partial charge < -0.3 is 15.6 Å². The average Bonchev–Trinajstić information content (AvgIpc) is 2.75. The van der Waals surface area contributed by atoms with E-state index in [1.165, 1.54) is 0 Å². The summed E-state index contributed by atoms with van der Waals surface area (Å²) in [7, 11) is 0. The van der Waals surface area contributed by atoms with Crippen LogP contribution in [0.25, 0.3) is 0 Å². The molecule has 0 atom stereocenters. The number of hydrogen-bond acceptors (Lipinski definition) is 2. The second kappa shape index (κ2) is 6.73. The molecule has 7 heteroatoms. The van der Waals surface area contributed by atoms with Gasteiger partial charge in [-0.25, -0.2) is 0 Å². The molecule has 1 heterocycles. The predicted molar refractivity (Wildman–Crippen MR) is 91.3 cm³/mol. The van der Waals surface area contributed by atoms with Gasteiger partial charge in [-0.1, -0.05) is 46.1 Å². The molecule has 3 N–H and O–H groups in total. The van der Waals surface area contributed by atoms with Crippen molar-refractivity contribution >= 4 is 56.4 Å². The average molecular weight is 391 g/mol. The van der Waals surface area contributed by atoms with Gasteiger partial charge in [0.05, 0.1) is 21.4 Å². The zero-order valence-electron chi connectivity index (χ0n) is 11.3. The van der Waals surface area contributed by atoms with Crippen LogP contribution in [0, 0.1) is 0 Å². The second-order valence-corrected chi connectivity index (χ2v) is 6.28. The number of halogens is 3. The van der Waals surface area contributed by atoms with Gasteiger partial charge >= 0.3 is 0 Å². The molecule has 0 radical (unpaired) electrons. The van der Waals surface area contributed by atoms with Crippen LogP contribution in [0.4, 0.5) is 11.4 Å². The van der Waals surface area contributed by atoms with E-state index in [1.807, 2.05) is 11.5 Å². The molecule has 2 rings (SSSR count). The molecular weight excluding hydrogens is 377 g/mol. The Balaban J connectivity index is 2.30. The standard InChI is InChI=1S/C14H14BrCl2N3O/c1-2-3-20-7-9(18)6-12(20)14(21)19-13-10(16)4-8(15)5-11(13)17/h4-7H,2-3,18H2,1H3,(H,19,21). The molecule has 0 aliphatic carbocycles. The van der Waals surface area contributed by atoms with Gasteiger partial charge in [0.1, 0.15) is 5.69 Å². The largest absolute Gasteiger partial charge is 0.397 e. The SMILES string of the molecule is CCCn1cc(N)cc1C(=O)Nc1c(Cl)cc(Br)cc1Cl. The third-order valence-corrected chi connectivity index (χ3v) is 3.91. The molecule has 0 saturated carbocycles. The fourth-order valence-corrected chi connectivity index (χ4v) is 3.29. The number of carbonyl (C=O) groups excluding carboxylic acids is 1. The van der Waals surface area contributed by atoms with Crippen LogP contribution in [0.15, 0.2) is 28.9 Å². The molecule has 112 valence electrons. The molecular formula is C14H14BrCl2N3O. The Morgan fingerprint density at radius 1 is 1.33 bits per heavy atom. The number of carbonyl (C=O) groups is 1. The maximum Gasteiger partial charge on any atom is 0.272 e. The first-order valence-corrected chi connectivity index (χ1v) is 7.88. The van der Waals surface area contributed by atoms with Crippen molar-refractivity contribution in [3.05, 3.63) is 44.6 Å². The highest BCUT2D eigenvalue weighted by Crippen LogP contribution is 2.34. The summed E-state index contributed by atoms with van der Waals surface area (Å²) < 4.78 is 2.56. The summed E-state index contributed by atoms with van der Waals surface area (Å²) >= 11 is 15.5. The molecule has 0 spiro atoms. The number of nitrogens with zero attached hydrogens (tertiary/aromatic N) is 1. The summed E-state index contributed by atoms with van der Waals surface area (Å²) in [4.78, 5) is 12.4. The zero-order valence-corrected chi connectivity index (χ0v) is 14.4. The highest BCUT2D eigenvalue weighted by Gasteiger charge is 2.16. The van der Waals surface area contributed by atoms with Gasteiger partial charge in [0.15, 0.2) is 0 Å². The minimum atomic E-state index is -0.300. The number of amides is 1. The number of nitrogens with two attached hydrogens (primary N) is 1. The highest BCUT2D eigenvalue weighted by atomic mass is 79.9. The van der Waals surface area contributed by atoms with Crippen molar-refractivity contribution in [3.8, 4) is 0 Å². The summed E-state index contributed by atoms with van der Waals surface area (Å²) in [5, 5.41) is 3.46. The summed E-state index contributed by atoms with van der Waals surface area (Å²) in [5.74, 6) is -0.300. The number of aryl methyl sites for hydroxylation is 1. The maximum atomic E-state index is 12.4. The lowest BCUT2D eigenvalue weighted by molar-refractivity contribution is 0.101. The molecule has 0 unspecified atom stereocenters. The molecule has 0 saturated heterocycles. The van der Waals surface area contributed by atoms with Crippen LogP contribution in [-0.4, -0.2) is 10.5 Å². The first-order valence-electron chi connectivity index (χ1n) is 6.34. The maximum absolute atomic E-state index is 12.4. The Hall–Kier alpha value is -1.17. The first kappa shape index (κ1) is 16.2. The quantitative estimate of drug-likeness (QED) is 0.787. The molecule has 1 aromatic heterocycles. The van der Waals surface area contributed by atoms with Crippen molar-refractivity contribution in [2.45, 2.75) is 19.9 Å². The Labute approximate surface area is 141 Å². The van der Waals surface area contributed by atoms with Crippen molar-refractivity contribution in [1.29, 1.82) is 0 Å². The fourth-order valence-electron chi connectivity index (χ4n) is 1.99. The van der Waals surface area contributed by atoms with E-state index in [2.05, 4.69) is 21.2 Å². The van der Waals surface area contributed by atoms with E-state index in [-0.39, 0.29) is 5.91 Å². The lowest BCUT2D eigenvalue weighted by Crippen LogP contribution is -2.17. The van der Waals surface area contributed by atoms with Crippen molar-refractivity contribution in [2.75, 3.05) is 11.1 Å². The van der Waals surface area contributed by atoms with E-state index in [4.69, 9.17) is 28.9 Å². The number of nitrogens with one attached hydrogen (secondary N) is 1. The van der Waals surface area contributed by atoms with E-state index in [0.717, 1.165) is 10.9 Å². The van der Waals surface area contributed by atoms with E-state index in [1.54, 1.807) is 24.4 Å². The second-order valence-electron chi connectivity index (χ2n) is 4.55. The van der Waals surface area contributed by atoms with Crippen LogP contribution in [0.1, 0.15) is 23.8 Å². The number of aromatic nitrogens is 1. The van der Waals surface area contributed by atoms with Gasteiger partial charge in [0.2, 0.25) is 0 Å². The molecule has 0 fully saturated rings. The van der Waals surface area contributed by atoms with Crippen molar-refractivity contribution in [3.63, 3.8) is 0 Å². The van der Waals surface area contributed by atoms with Gasteiger partial charge in [-0.15, -0.1) is 0 Å². The van der Waals surface area contributed by atoms with E-state index in [0.29, 0.717) is 33.7 Å². The molecule has 1 amide bonds. The van der Waals surface area contributed by atoms with Crippen LogP contribution in [-0.2, 0) is 6.54 Å². The normalized spacial score (nSPS) is 10.7. The Morgan fingerprint density at radius 2 is 1.95 bits per heavy atom. The topological polar surface area (TPSA) is 60.0 Å². The van der Waals surface area contributed by atoms with Crippen LogP contribution < -0.4 is 11.1 Å². The van der Waals surface area contributed by atoms with Gasteiger partial charge in [-0.3, -0.25) is 4.79 Å². The molecule has 0 aliphatic rings. The van der Waals surface area contributed by atoms with Crippen molar-refractivity contribution in [1.82, 2.24) is 4.57 Å². The van der Waals surface area contributed by atoms with Gasteiger partial charge in [0.25, 0.3) is 5.91 Å². The summed E-state index contributed by atoms with van der Waals surface area (Å²) in [6.07, 6.45) is 2.64. The highest BCUT2D eigenvalue weighted by molar-refractivity contribution is 9.10. The van der Waals surface area contributed by atoms with Crippen molar-refractivity contribution < 1.29 is 4.79 Å². The lowest BCUT2D eigenvalue weighted by atomic mass is 10.3. The predicted octanol–water partition coefficient (Wildman–Crippen LogP) is 4.80. The molecule has 21 heavy (non-hydrogen) atoms. The number of hydrogen-bond donors (Lipinski definition) is 2. The zero-order chi connectivity index (χ0) is 15.6. The van der Waals surface area contributed by atoms with E-state index in [9.17, 15) is 4.79 Å². The van der Waals surface area contributed by atoms with Crippen LogP contribution in [0.2, 0.25) is 10.0 Å². The molecule has 4 nitrogen and oxygen atoms in total. The molecule has 1 aromatic carbocycles. The first-order chi connectivity index (χ1) is 9.92. The Kier molecular flexibility index (Phi) is 5.19. The number of benzene rings is 1. The number of nitrogen functional groups attached to an aromatic ring is 1. The summed E-state index contributed by atoms with van der Waals surface area (Å²) in [6, 6.07) is 4.97. The van der Waals surface area contributed by atoms with Crippen LogP contribution in [0.5, 0.6) is 0 Å². The van der Waals surface area contributed by atoms with E-state index < -0.39 is 0 Å². The monoisotopic (exact) mass is 389 g/mol. The third kappa shape index (κ3) is 3.73. The van der Waals surface area contributed by atoms with Gasteiger partial charge in [0, 0.05) is 17.2 Å². The molecule has 0 aliphatic heterocycles. The molecule has 0 bridgehead atoms. The summed E-state index contributed by atoms with van der Waals surface area (Å²) in [6.45, 7) is 2.74. The summed E-state index contributed by atoms with van der Waals surface area (Å²) in [5.41, 5.74) is 7.16.